The highest BCUT2D eigenvalue weighted by Crippen LogP contribution is 2.20. The molecule has 2 N–H and O–H groups in total. The molecule has 100 valence electrons. The van der Waals surface area contributed by atoms with Crippen molar-refractivity contribution >= 4 is 5.97 Å². The fraction of sp³-hybridized carbons (Fsp3) is 0.917. The molecule has 1 aliphatic heterocycles. The van der Waals surface area contributed by atoms with E-state index in [-0.39, 0.29) is 18.5 Å². The van der Waals surface area contributed by atoms with Crippen molar-refractivity contribution in [2.24, 2.45) is 5.92 Å². The van der Waals surface area contributed by atoms with E-state index in [9.17, 15) is 9.90 Å². The lowest BCUT2D eigenvalue weighted by molar-refractivity contribution is -0.185. The molecule has 1 aliphatic rings. The molecule has 3 atom stereocenters. The molecule has 0 aliphatic carbocycles. The van der Waals surface area contributed by atoms with Gasteiger partial charge in [-0.3, -0.25) is 4.79 Å². The molecule has 0 bridgehead atoms. The average molecular weight is 246 g/mol. The van der Waals surface area contributed by atoms with E-state index in [1.54, 1.807) is 0 Å². The fourth-order valence-electron chi connectivity index (χ4n) is 2.00. The van der Waals surface area contributed by atoms with Crippen LogP contribution >= 0.6 is 0 Å². The van der Waals surface area contributed by atoms with Gasteiger partial charge in [-0.05, 0) is 12.8 Å². The van der Waals surface area contributed by atoms with E-state index in [0.29, 0.717) is 13.0 Å². The third kappa shape index (κ3) is 3.66. The van der Waals surface area contributed by atoms with Crippen LogP contribution in [0.4, 0.5) is 0 Å². The van der Waals surface area contributed by atoms with E-state index in [2.05, 4.69) is 0 Å². The highest BCUT2D eigenvalue weighted by atomic mass is 16.6. The molecule has 5 nitrogen and oxygen atoms in total. The standard InChI is InChI=1S/C12H22O5/c1-3-8(4-2)12(15)17-9-5-6-16-10(7-13)11(9)14/h8-11,13-14H,3-7H2,1-2H3. The zero-order valence-electron chi connectivity index (χ0n) is 10.5. The van der Waals surface area contributed by atoms with Crippen LogP contribution in [0.5, 0.6) is 0 Å². The van der Waals surface area contributed by atoms with Gasteiger partial charge in [0.25, 0.3) is 0 Å². The zero-order chi connectivity index (χ0) is 12.8. The Morgan fingerprint density at radius 1 is 1.47 bits per heavy atom. The van der Waals surface area contributed by atoms with Crippen LogP contribution in [0.3, 0.4) is 0 Å². The van der Waals surface area contributed by atoms with E-state index in [4.69, 9.17) is 14.6 Å². The van der Waals surface area contributed by atoms with E-state index < -0.39 is 18.3 Å². The summed E-state index contributed by atoms with van der Waals surface area (Å²) in [5.74, 6) is -0.379. The molecule has 0 aromatic heterocycles. The maximum Gasteiger partial charge on any atom is 0.309 e. The van der Waals surface area contributed by atoms with Gasteiger partial charge in [-0.2, -0.15) is 0 Å². The molecule has 0 aromatic rings. The van der Waals surface area contributed by atoms with Gasteiger partial charge < -0.3 is 19.7 Å². The van der Waals surface area contributed by atoms with Crippen LogP contribution in [0, 0.1) is 5.92 Å². The molecule has 1 heterocycles. The lowest BCUT2D eigenvalue weighted by Crippen LogP contribution is -2.48. The summed E-state index contributed by atoms with van der Waals surface area (Å²) in [6.07, 6.45) is -0.205. The molecule has 0 spiro atoms. The Kier molecular flexibility index (Phi) is 5.88. The van der Waals surface area contributed by atoms with Gasteiger partial charge in [-0.25, -0.2) is 0 Å². The van der Waals surface area contributed by atoms with Gasteiger partial charge in [-0.1, -0.05) is 13.8 Å². The summed E-state index contributed by atoms with van der Waals surface area (Å²) in [5.41, 5.74) is 0. The summed E-state index contributed by atoms with van der Waals surface area (Å²) < 4.78 is 10.5. The fourth-order valence-corrected chi connectivity index (χ4v) is 2.00. The third-order valence-electron chi connectivity index (χ3n) is 3.26. The van der Waals surface area contributed by atoms with Crippen LogP contribution in [0.1, 0.15) is 33.1 Å². The molecule has 0 radical (unpaired) electrons. The summed E-state index contributed by atoms with van der Waals surface area (Å²) in [7, 11) is 0. The molecule has 0 amide bonds. The first-order valence-corrected chi connectivity index (χ1v) is 6.25. The van der Waals surface area contributed by atoms with Crippen LogP contribution in [0.15, 0.2) is 0 Å². The summed E-state index contributed by atoms with van der Waals surface area (Å²) in [5, 5.41) is 18.8. The van der Waals surface area contributed by atoms with Crippen LogP contribution in [-0.4, -0.2) is 47.7 Å². The van der Waals surface area contributed by atoms with Crippen molar-refractivity contribution < 1.29 is 24.5 Å². The topological polar surface area (TPSA) is 76.0 Å². The Morgan fingerprint density at radius 2 is 2.12 bits per heavy atom. The summed E-state index contributed by atoms with van der Waals surface area (Å²) in [6.45, 7) is 4.00. The van der Waals surface area contributed by atoms with Crippen LogP contribution in [0.2, 0.25) is 0 Å². The first kappa shape index (κ1) is 14.4. The Hall–Kier alpha value is -0.650. The monoisotopic (exact) mass is 246 g/mol. The molecule has 3 unspecified atom stereocenters. The Morgan fingerprint density at radius 3 is 2.65 bits per heavy atom. The van der Waals surface area contributed by atoms with Gasteiger partial charge in [0.05, 0.1) is 19.1 Å². The number of carbonyl (C=O) groups is 1. The molecule has 1 fully saturated rings. The average Bonchev–Trinajstić information content (AvgIpc) is 2.33. The number of ether oxygens (including phenoxy) is 2. The van der Waals surface area contributed by atoms with Crippen LogP contribution in [0.25, 0.3) is 0 Å². The smallest absolute Gasteiger partial charge is 0.309 e. The second kappa shape index (κ2) is 6.93. The van der Waals surface area contributed by atoms with Gasteiger partial charge in [0.2, 0.25) is 0 Å². The molecule has 1 rings (SSSR count). The van der Waals surface area contributed by atoms with Crippen molar-refractivity contribution in [3.05, 3.63) is 0 Å². The number of aliphatic hydroxyl groups is 2. The van der Waals surface area contributed by atoms with Crippen molar-refractivity contribution in [2.45, 2.75) is 51.4 Å². The third-order valence-corrected chi connectivity index (χ3v) is 3.26. The summed E-state index contributed by atoms with van der Waals surface area (Å²) in [4.78, 5) is 11.8. The van der Waals surface area contributed by atoms with Gasteiger partial charge in [0.1, 0.15) is 18.3 Å². The maximum atomic E-state index is 11.8. The van der Waals surface area contributed by atoms with E-state index >= 15 is 0 Å². The SMILES string of the molecule is CCC(CC)C(=O)OC1CCOC(CO)C1O. The van der Waals surface area contributed by atoms with Crippen LogP contribution < -0.4 is 0 Å². The van der Waals surface area contributed by atoms with Crippen molar-refractivity contribution in [3.8, 4) is 0 Å². The number of esters is 1. The first-order chi connectivity index (χ1) is 8.13. The minimum Gasteiger partial charge on any atom is -0.459 e. The number of rotatable bonds is 5. The Bertz CT molecular complexity index is 239. The molecular formula is C12H22O5. The van der Waals surface area contributed by atoms with Gasteiger partial charge in [-0.15, -0.1) is 0 Å². The lowest BCUT2D eigenvalue weighted by Gasteiger charge is -2.34. The largest absolute Gasteiger partial charge is 0.459 e. The van der Waals surface area contributed by atoms with Crippen molar-refractivity contribution in [2.75, 3.05) is 13.2 Å². The molecule has 0 saturated carbocycles. The van der Waals surface area contributed by atoms with E-state index in [0.717, 1.165) is 12.8 Å². The normalized spacial score (nSPS) is 29.4. The number of carbonyl (C=O) groups excluding carboxylic acids is 1. The van der Waals surface area contributed by atoms with Gasteiger partial charge in [0.15, 0.2) is 0 Å². The first-order valence-electron chi connectivity index (χ1n) is 6.25. The predicted octanol–water partition coefficient (Wildman–Crippen LogP) is 0.476. The van der Waals surface area contributed by atoms with Crippen molar-refractivity contribution in [1.82, 2.24) is 0 Å². The molecule has 17 heavy (non-hydrogen) atoms. The number of hydrogen-bond donors (Lipinski definition) is 2. The Balaban J connectivity index is 2.52. The molecule has 0 aromatic carbocycles. The number of hydrogen-bond acceptors (Lipinski definition) is 5. The van der Waals surface area contributed by atoms with Crippen LogP contribution in [-0.2, 0) is 14.3 Å². The number of aliphatic hydroxyl groups excluding tert-OH is 2. The highest BCUT2D eigenvalue weighted by Gasteiger charge is 2.35. The minimum atomic E-state index is -0.938. The zero-order valence-corrected chi connectivity index (χ0v) is 10.5. The van der Waals surface area contributed by atoms with Crippen molar-refractivity contribution in [3.63, 3.8) is 0 Å². The predicted molar refractivity (Wildman–Crippen MR) is 61.4 cm³/mol. The quantitative estimate of drug-likeness (QED) is 0.690. The summed E-state index contributed by atoms with van der Waals surface area (Å²) in [6, 6.07) is 0. The molecule has 5 heteroatoms. The van der Waals surface area contributed by atoms with Gasteiger partial charge >= 0.3 is 5.97 Å². The Labute approximate surface area is 102 Å². The van der Waals surface area contributed by atoms with Gasteiger partial charge in [0, 0.05) is 6.42 Å². The second-order valence-electron chi connectivity index (χ2n) is 4.36. The minimum absolute atomic E-state index is 0.113. The van der Waals surface area contributed by atoms with Crippen molar-refractivity contribution in [1.29, 1.82) is 0 Å². The summed E-state index contributed by atoms with van der Waals surface area (Å²) >= 11 is 0. The molecule has 1 saturated heterocycles. The maximum absolute atomic E-state index is 11.8. The van der Waals surface area contributed by atoms with E-state index in [1.807, 2.05) is 13.8 Å². The second-order valence-corrected chi connectivity index (χ2v) is 4.36. The van der Waals surface area contributed by atoms with E-state index in [1.165, 1.54) is 0 Å². The lowest BCUT2D eigenvalue weighted by atomic mass is 10.0. The molecular weight excluding hydrogens is 224 g/mol. The highest BCUT2D eigenvalue weighted by molar-refractivity contribution is 5.72.